The number of aliphatic carboxylic acids is 1. The first kappa shape index (κ1) is 7.10. The highest BCUT2D eigenvalue weighted by atomic mass is 16.4. The maximum Gasteiger partial charge on any atom is 0.306 e. The molecule has 0 amide bonds. The Bertz CT molecular complexity index is 190. The molecule has 2 rings (SSSR count). The summed E-state index contributed by atoms with van der Waals surface area (Å²) in [5.74, 6) is -0.450. The first-order valence-corrected chi connectivity index (χ1v) is 4.09. The molecule has 4 atom stereocenters. The van der Waals surface area contributed by atoms with Gasteiger partial charge in [0.05, 0.1) is 12.0 Å². The minimum absolute atomic E-state index is 0.0532. The van der Waals surface area contributed by atoms with Crippen molar-refractivity contribution in [2.75, 3.05) is 0 Å². The molecule has 0 radical (unpaired) electrons. The normalized spacial score (nSPS) is 48.1. The molecule has 0 aliphatic heterocycles. The van der Waals surface area contributed by atoms with Crippen molar-refractivity contribution in [1.29, 1.82) is 0 Å². The number of hydrogen-bond donors (Lipinski definition) is 2. The molecule has 0 aromatic rings. The minimum atomic E-state index is -0.726. The highest BCUT2D eigenvalue weighted by molar-refractivity contribution is 5.71. The van der Waals surface area contributed by atoms with Gasteiger partial charge in [-0.2, -0.15) is 0 Å². The van der Waals surface area contributed by atoms with Crippen LogP contribution < -0.4 is 0 Å². The van der Waals surface area contributed by atoms with Gasteiger partial charge in [-0.1, -0.05) is 0 Å². The van der Waals surface area contributed by atoms with Crippen molar-refractivity contribution in [2.45, 2.75) is 25.4 Å². The number of carboxylic acids is 1. The SMILES string of the molecule is O=C(O)[C@@H]1C[C@@H]2C[C@H]1[C@@H](O)C2. The molecule has 2 aliphatic carbocycles. The van der Waals surface area contributed by atoms with E-state index >= 15 is 0 Å². The van der Waals surface area contributed by atoms with E-state index in [1.54, 1.807) is 0 Å². The monoisotopic (exact) mass is 156 g/mol. The Labute approximate surface area is 65.0 Å². The lowest BCUT2D eigenvalue weighted by Gasteiger charge is -2.22. The first-order chi connectivity index (χ1) is 5.18. The Morgan fingerprint density at radius 2 is 2.00 bits per heavy atom. The van der Waals surface area contributed by atoms with Gasteiger partial charge in [0.2, 0.25) is 0 Å². The molecule has 62 valence electrons. The van der Waals surface area contributed by atoms with Crippen LogP contribution in [0.4, 0.5) is 0 Å². The third-order valence-electron chi connectivity index (χ3n) is 3.10. The fourth-order valence-corrected chi connectivity index (χ4v) is 2.60. The maximum absolute atomic E-state index is 10.6. The Hall–Kier alpha value is -0.570. The molecule has 0 saturated heterocycles. The molecule has 3 nitrogen and oxygen atoms in total. The van der Waals surface area contributed by atoms with Crippen LogP contribution in [0, 0.1) is 17.8 Å². The number of aliphatic hydroxyl groups is 1. The molecule has 2 bridgehead atoms. The molecule has 0 aromatic carbocycles. The van der Waals surface area contributed by atoms with E-state index in [1.165, 1.54) is 0 Å². The predicted octanol–water partition coefficient (Wildman–Crippen LogP) is 0.478. The average Bonchev–Trinajstić information content (AvgIpc) is 2.43. The van der Waals surface area contributed by atoms with Crippen LogP contribution in [0.1, 0.15) is 19.3 Å². The third-order valence-corrected chi connectivity index (χ3v) is 3.10. The van der Waals surface area contributed by atoms with Crippen LogP contribution in [0.5, 0.6) is 0 Å². The van der Waals surface area contributed by atoms with Gasteiger partial charge in [0.1, 0.15) is 0 Å². The topological polar surface area (TPSA) is 57.5 Å². The van der Waals surface area contributed by atoms with Gasteiger partial charge in [-0.05, 0) is 31.1 Å². The molecule has 2 aliphatic rings. The lowest BCUT2D eigenvalue weighted by Crippen LogP contribution is -2.29. The van der Waals surface area contributed by atoms with Gasteiger partial charge in [-0.15, -0.1) is 0 Å². The highest BCUT2D eigenvalue weighted by Gasteiger charge is 2.48. The Kier molecular flexibility index (Phi) is 1.42. The average molecular weight is 156 g/mol. The molecular weight excluding hydrogens is 144 g/mol. The zero-order valence-corrected chi connectivity index (χ0v) is 6.23. The van der Waals surface area contributed by atoms with Gasteiger partial charge >= 0.3 is 5.97 Å². The van der Waals surface area contributed by atoms with Crippen molar-refractivity contribution in [3.63, 3.8) is 0 Å². The van der Waals surface area contributed by atoms with E-state index in [4.69, 9.17) is 5.11 Å². The molecule has 0 heterocycles. The number of carbonyl (C=O) groups is 1. The van der Waals surface area contributed by atoms with Crippen molar-refractivity contribution in [3.8, 4) is 0 Å². The fraction of sp³-hybridized carbons (Fsp3) is 0.875. The first-order valence-electron chi connectivity index (χ1n) is 4.09. The van der Waals surface area contributed by atoms with E-state index in [2.05, 4.69) is 0 Å². The second kappa shape index (κ2) is 2.21. The molecule has 2 fully saturated rings. The lowest BCUT2D eigenvalue weighted by molar-refractivity contribution is -0.145. The molecule has 0 unspecified atom stereocenters. The van der Waals surface area contributed by atoms with E-state index in [1.807, 2.05) is 0 Å². The molecule has 3 heteroatoms. The predicted molar refractivity (Wildman–Crippen MR) is 38.0 cm³/mol. The molecule has 0 aromatic heterocycles. The Morgan fingerprint density at radius 3 is 2.36 bits per heavy atom. The van der Waals surface area contributed by atoms with Gasteiger partial charge in [0, 0.05) is 0 Å². The number of aliphatic hydroxyl groups excluding tert-OH is 1. The fourth-order valence-electron chi connectivity index (χ4n) is 2.60. The minimum Gasteiger partial charge on any atom is -0.481 e. The summed E-state index contributed by atoms with van der Waals surface area (Å²) >= 11 is 0. The number of fused-ring (bicyclic) bond motifs is 2. The van der Waals surface area contributed by atoms with Crippen molar-refractivity contribution < 1.29 is 15.0 Å². The summed E-state index contributed by atoms with van der Waals surface area (Å²) in [5, 5.41) is 18.1. The van der Waals surface area contributed by atoms with Crippen LogP contribution in [0.15, 0.2) is 0 Å². The van der Waals surface area contributed by atoms with Crippen LogP contribution in [0.25, 0.3) is 0 Å². The molecule has 11 heavy (non-hydrogen) atoms. The van der Waals surface area contributed by atoms with E-state index in [9.17, 15) is 9.90 Å². The summed E-state index contributed by atoms with van der Waals surface area (Å²) in [7, 11) is 0. The van der Waals surface area contributed by atoms with Crippen LogP contribution >= 0.6 is 0 Å². The third kappa shape index (κ3) is 0.948. The summed E-state index contributed by atoms with van der Waals surface area (Å²) in [5.41, 5.74) is 0. The largest absolute Gasteiger partial charge is 0.481 e. The van der Waals surface area contributed by atoms with Gasteiger partial charge in [0.15, 0.2) is 0 Å². The summed E-state index contributed by atoms with van der Waals surface area (Å²) in [6.45, 7) is 0. The molecular formula is C8H12O3. The lowest BCUT2D eigenvalue weighted by atomic mass is 9.87. The summed E-state index contributed by atoms with van der Waals surface area (Å²) < 4.78 is 0. The summed E-state index contributed by atoms with van der Waals surface area (Å²) in [6, 6.07) is 0. The summed E-state index contributed by atoms with van der Waals surface area (Å²) in [6.07, 6.45) is 2.21. The van der Waals surface area contributed by atoms with Crippen LogP contribution in [0.2, 0.25) is 0 Å². The van der Waals surface area contributed by atoms with Gasteiger partial charge in [0.25, 0.3) is 0 Å². The number of carboxylic acid groups (broad SMARTS) is 1. The van der Waals surface area contributed by atoms with Crippen LogP contribution in [0.3, 0.4) is 0 Å². The number of rotatable bonds is 1. The van der Waals surface area contributed by atoms with Crippen LogP contribution in [-0.4, -0.2) is 22.3 Å². The van der Waals surface area contributed by atoms with E-state index in [0.29, 0.717) is 5.92 Å². The van der Waals surface area contributed by atoms with E-state index < -0.39 is 5.97 Å². The van der Waals surface area contributed by atoms with E-state index in [0.717, 1.165) is 19.3 Å². The second-order valence-corrected chi connectivity index (χ2v) is 3.75. The smallest absolute Gasteiger partial charge is 0.306 e. The van der Waals surface area contributed by atoms with Gasteiger partial charge in [-0.3, -0.25) is 4.79 Å². The quantitative estimate of drug-likeness (QED) is 0.580. The van der Waals surface area contributed by atoms with E-state index in [-0.39, 0.29) is 17.9 Å². The molecule has 0 spiro atoms. The van der Waals surface area contributed by atoms with Gasteiger partial charge in [-0.25, -0.2) is 0 Å². The standard InChI is InChI=1S/C8H12O3/c9-7-3-4-1-5(7)6(2-4)8(10)11/h4-7,9H,1-3H2,(H,10,11)/t4-,5+,6+,7-/m0/s1. The Morgan fingerprint density at radius 1 is 1.27 bits per heavy atom. The number of hydrogen-bond acceptors (Lipinski definition) is 2. The molecule has 2 saturated carbocycles. The van der Waals surface area contributed by atoms with Crippen molar-refractivity contribution in [3.05, 3.63) is 0 Å². The van der Waals surface area contributed by atoms with Crippen molar-refractivity contribution in [1.82, 2.24) is 0 Å². The Balaban J connectivity index is 2.12. The zero-order valence-electron chi connectivity index (χ0n) is 6.23. The van der Waals surface area contributed by atoms with Crippen molar-refractivity contribution >= 4 is 5.97 Å². The zero-order chi connectivity index (χ0) is 8.01. The maximum atomic E-state index is 10.6. The second-order valence-electron chi connectivity index (χ2n) is 3.75. The highest BCUT2D eigenvalue weighted by Crippen LogP contribution is 2.48. The summed E-state index contributed by atoms with van der Waals surface area (Å²) in [4.78, 5) is 10.6. The van der Waals surface area contributed by atoms with Crippen LogP contribution in [-0.2, 0) is 4.79 Å². The van der Waals surface area contributed by atoms with Crippen molar-refractivity contribution in [2.24, 2.45) is 17.8 Å². The molecule has 2 N–H and O–H groups in total. The van der Waals surface area contributed by atoms with Gasteiger partial charge < -0.3 is 10.2 Å².